The second-order valence-electron chi connectivity index (χ2n) is 7.96. The standard InChI is InChI=1S/C27H29NO6/c1-19(2)34-26(30)25(29)24(28-27(31)33-18-21-11-7-4-8-12-21)22-13-15-23(16-14-22)32-17-20-9-5-3-6-10-20/h3-16,19,24-25,29H,17-18H2,1-2H3,(H,28,31)/t24-,25+/m1/s1. The fourth-order valence-corrected chi connectivity index (χ4v) is 3.19. The van der Waals surface area contributed by atoms with Crippen molar-refractivity contribution in [3.8, 4) is 5.75 Å². The van der Waals surface area contributed by atoms with Gasteiger partial charge in [-0.1, -0.05) is 72.8 Å². The lowest BCUT2D eigenvalue weighted by molar-refractivity contribution is -0.159. The van der Waals surface area contributed by atoms with Crippen molar-refractivity contribution in [3.63, 3.8) is 0 Å². The van der Waals surface area contributed by atoms with E-state index in [1.54, 1.807) is 38.1 Å². The number of carbonyl (C=O) groups excluding carboxylic acids is 2. The van der Waals surface area contributed by atoms with Crippen LogP contribution in [0.3, 0.4) is 0 Å². The summed E-state index contributed by atoms with van der Waals surface area (Å²) in [7, 11) is 0. The van der Waals surface area contributed by atoms with Crippen LogP contribution in [-0.2, 0) is 27.5 Å². The Morgan fingerprint density at radius 2 is 1.38 bits per heavy atom. The largest absolute Gasteiger partial charge is 0.489 e. The Morgan fingerprint density at radius 1 is 0.824 bits per heavy atom. The van der Waals surface area contributed by atoms with Crippen LogP contribution in [0.4, 0.5) is 4.79 Å². The summed E-state index contributed by atoms with van der Waals surface area (Å²) in [5.41, 5.74) is 2.34. The molecule has 0 aromatic heterocycles. The highest BCUT2D eigenvalue weighted by Crippen LogP contribution is 2.23. The molecule has 0 aliphatic rings. The van der Waals surface area contributed by atoms with E-state index in [2.05, 4.69) is 5.32 Å². The molecule has 0 unspecified atom stereocenters. The van der Waals surface area contributed by atoms with Gasteiger partial charge in [-0.05, 0) is 42.7 Å². The summed E-state index contributed by atoms with van der Waals surface area (Å²) in [6.45, 7) is 3.81. The summed E-state index contributed by atoms with van der Waals surface area (Å²) < 4.78 is 16.2. The van der Waals surface area contributed by atoms with Crippen LogP contribution in [0.2, 0.25) is 0 Å². The molecule has 0 fully saturated rings. The van der Waals surface area contributed by atoms with Crippen molar-refractivity contribution in [2.75, 3.05) is 0 Å². The highest BCUT2D eigenvalue weighted by atomic mass is 16.6. The smallest absolute Gasteiger partial charge is 0.408 e. The summed E-state index contributed by atoms with van der Waals surface area (Å²) in [5.74, 6) is -0.231. The van der Waals surface area contributed by atoms with Crippen molar-refractivity contribution in [1.29, 1.82) is 0 Å². The first-order chi connectivity index (χ1) is 16.4. The number of aliphatic hydroxyl groups excluding tert-OH is 1. The van der Waals surface area contributed by atoms with E-state index in [9.17, 15) is 14.7 Å². The number of ether oxygens (including phenoxy) is 3. The minimum absolute atomic E-state index is 0.0538. The first-order valence-electron chi connectivity index (χ1n) is 11.0. The predicted molar refractivity (Wildman–Crippen MR) is 127 cm³/mol. The zero-order valence-electron chi connectivity index (χ0n) is 19.2. The van der Waals surface area contributed by atoms with E-state index in [-0.39, 0.29) is 6.61 Å². The van der Waals surface area contributed by atoms with Gasteiger partial charge in [0.25, 0.3) is 0 Å². The van der Waals surface area contributed by atoms with Crippen molar-refractivity contribution >= 4 is 12.1 Å². The molecular weight excluding hydrogens is 434 g/mol. The average Bonchev–Trinajstić information content (AvgIpc) is 2.85. The minimum atomic E-state index is -1.62. The Hall–Kier alpha value is -3.84. The molecule has 2 N–H and O–H groups in total. The zero-order chi connectivity index (χ0) is 24.3. The van der Waals surface area contributed by atoms with Crippen LogP contribution < -0.4 is 10.1 Å². The molecule has 0 saturated carbocycles. The lowest BCUT2D eigenvalue weighted by Crippen LogP contribution is -2.41. The summed E-state index contributed by atoms with van der Waals surface area (Å²) in [4.78, 5) is 24.8. The first-order valence-corrected chi connectivity index (χ1v) is 11.0. The normalized spacial score (nSPS) is 12.5. The number of hydrogen-bond donors (Lipinski definition) is 2. The van der Waals surface area contributed by atoms with Gasteiger partial charge in [-0.25, -0.2) is 9.59 Å². The van der Waals surface area contributed by atoms with Crippen LogP contribution in [0, 0.1) is 0 Å². The molecule has 178 valence electrons. The highest BCUT2D eigenvalue weighted by molar-refractivity contribution is 5.77. The molecule has 7 nitrogen and oxygen atoms in total. The molecule has 0 aliphatic heterocycles. The fourth-order valence-electron chi connectivity index (χ4n) is 3.19. The molecule has 1 amide bonds. The molecule has 3 aromatic carbocycles. The number of amides is 1. The molecule has 3 rings (SSSR count). The van der Waals surface area contributed by atoms with Crippen LogP contribution in [0.1, 0.15) is 36.6 Å². The van der Waals surface area contributed by atoms with Crippen LogP contribution in [-0.4, -0.2) is 29.4 Å². The second kappa shape index (κ2) is 12.4. The van der Waals surface area contributed by atoms with Crippen molar-refractivity contribution in [1.82, 2.24) is 5.32 Å². The van der Waals surface area contributed by atoms with Crippen LogP contribution in [0.15, 0.2) is 84.9 Å². The van der Waals surface area contributed by atoms with E-state index in [0.29, 0.717) is 17.9 Å². The number of benzene rings is 3. The Labute approximate surface area is 199 Å². The third kappa shape index (κ3) is 7.64. The number of hydrogen-bond acceptors (Lipinski definition) is 6. The van der Waals surface area contributed by atoms with Gasteiger partial charge in [0.2, 0.25) is 0 Å². The van der Waals surface area contributed by atoms with E-state index in [1.165, 1.54) is 0 Å². The van der Waals surface area contributed by atoms with Gasteiger partial charge in [0.1, 0.15) is 19.0 Å². The molecule has 0 heterocycles. The zero-order valence-corrected chi connectivity index (χ0v) is 19.2. The van der Waals surface area contributed by atoms with E-state index in [1.807, 2.05) is 60.7 Å². The minimum Gasteiger partial charge on any atom is -0.489 e. The van der Waals surface area contributed by atoms with Crippen molar-refractivity contribution in [2.24, 2.45) is 0 Å². The second-order valence-corrected chi connectivity index (χ2v) is 7.96. The Bertz CT molecular complexity index is 1040. The number of nitrogens with one attached hydrogen (secondary N) is 1. The maximum atomic E-state index is 12.5. The van der Waals surface area contributed by atoms with Gasteiger partial charge in [-0.15, -0.1) is 0 Å². The van der Waals surface area contributed by atoms with Crippen molar-refractivity contribution in [3.05, 3.63) is 102 Å². The lowest BCUT2D eigenvalue weighted by Gasteiger charge is -2.24. The molecule has 0 saturated heterocycles. The monoisotopic (exact) mass is 463 g/mol. The quantitative estimate of drug-likeness (QED) is 0.429. The molecule has 0 aliphatic carbocycles. The van der Waals surface area contributed by atoms with E-state index < -0.39 is 30.3 Å². The molecule has 3 aromatic rings. The Balaban J connectivity index is 1.69. The van der Waals surface area contributed by atoms with Crippen LogP contribution >= 0.6 is 0 Å². The molecule has 34 heavy (non-hydrogen) atoms. The fraction of sp³-hybridized carbons (Fsp3) is 0.259. The molecular formula is C27H29NO6. The van der Waals surface area contributed by atoms with E-state index >= 15 is 0 Å². The SMILES string of the molecule is CC(C)OC(=O)[C@@H](O)[C@H](NC(=O)OCc1ccccc1)c1ccc(OCc2ccccc2)cc1. The maximum absolute atomic E-state index is 12.5. The van der Waals surface area contributed by atoms with Gasteiger partial charge in [-0.2, -0.15) is 0 Å². The molecule has 2 atom stereocenters. The van der Waals surface area contributed by atoms with Gasteiger partial charge in [-0.3, -0.25) is 0 Å². The van der Waals surface area contributed by atoms with E-state index in [0.717, 1.165) is 11.1 Å². The number of carbonyl (C=O) groups is 2. The lowest BCUT2D eigenvalue weighted by atomic mass is 10.0. The third-order valence-corrected chi connectivity index (χ3v) is 4.88. The summed E-state index contributed by atoms with van der Waals surface area (Å²) in [6, 6.07) is 24.6. The first kappa shape index (κ1) is 24.8. The maximum Gasteiger partial charge on any atom is 0.408 e. The van der Waals surface area contributed by atoms with Gasteiger partial charge in [0.15, 0.2) is 6.10 Å². The molecule has 0 bridgehead atoms. The predicted octanol–water partition coefficient (Wildman–Crippen LogP) is 4.55. The van der Waals surface area contributed by atoms with Crippen molar-refractivity contribution in [2.45, 2.75) is 45.3 Å². The molecule has 0 radical (unpaired) electrons. The Morgan fingerprint density at radius 3 is 1.94 bits per heavy atom. The summed E-state index contributed by atoms with van der Waals surface area (Å²) >= 11 is 0. The molecule has 7 heteroatoms. The van der Waals surface area contributed by atoms with Gasteiger partial charge in [0, 0.05) is 0 Å². The Kier molecular flexibility index (Phi) is 9.05. The van der Waals surface area contributed by atoms with E-state index in [4.69, 9.17) is 14.2 Å². The molecule has 0 spiro atoms. The highest BCUT2D eigenvalue weighted by Gasteiger charge is 2.31. The van der Waals surface area contributed by atoms with Gasteiger partial charge in [0.05, 0.1) is 12.1 Å². The van der Waals surface area contributed by atoms with Crippen LogP contribution in [0.5, 0.6) is 5.75 Å². The third-order valence-electron chi connectivity index (χ3n) is 4.88. The van der Waals surface area contributed by atoms with Gasteiger partial charge >= 0.3 is 12.1 Å². The summed E-state index contributed by atoms with van der Waals surface area (Å²) in [5, 5.41) is 13.2. The number of aliphatic hydroxyl groups is 1. The number of rotatable bonds is 10. The van der Waals surface area contributed by atoms with Crippen molar-refractivity contribution < 1.29 is 28.9 Å². The summed E-state index contributed by atoms with van der Waals surface area (Å²) in [6.07, 6.45) is -2.81. The average molecular weight is 464 g/mol. The topological polar surface area (TPSA) is 94.1 Å². The van der Waals surface area contributed by atoms with Gasteiger partial charge < -0.3 is 24.6 Å². The number of esters is 1. The van der Waals surface area contributed by atoms with Crippen LogP contribution in [0.25, 0.3) is 0 Å². The number of alkyl carbamates (subject to hydrolysis) is 1.